The number of amides is 1. The van der Waals surface area contributed by atoms with Crippen LogP contribution in [0.2, 0.25) is 0 Å². The van der Waals surface area contributed by atoms with Crippen molar-refractivity contribution in [1.29, 1.82) is 0 Å². The lowest BCUT2D eigenvalue weighted by Gasteiger charge is -2.27. The number of fused-ring (bicyclic) bond motifs is 1. The van der Waals surface area contributed by atoms with Gasteiger partial charge in [-0.1, -0.05) is 12.1 Å². The maximum atomic E-state index is 13.3. The number of hydrogen-bond acceptors (Lipinski definition) is 3. The summed E-state index contributed by atoms with van der Waals surface area (Å²) in [5, 5.41) is 3.51. The summed E-state index contributed by atoms with van der Waals surface area (Å²) in [5.74, 6) is 2.76. The number of aryl methyl sites for hydroxylation is 1. The van der Waals surface area contributed by atoms with Crippen molar-refractivity contribution in [2.75, 3.05) is 33.3 Å². The van der Waals surface area contributed by atoms with Crippen LogP contribution in [0.25, 0.3) is 0 Å². The Morgan fingerprint density at radius 3 is 2.40 bits per heavy atom. The number of ether oxygens (including phenoxy) is 1. The number of rotatable bonds is 3. The Labute approximate surface area is 156 Å². The summed E-state index contributed by atoms with van der Waals surface area (Å²) in [4.78, 5) is 15.5. The number of nitrogens with one attached hydrogen (secondary N) is 1. The molecule has 1 saturated carbocycles. The summed E-state index contributed by atoms with van der Waals surface area (Å²) in [5.41, 5.74) is 1.99. The molecule has 3 aliphatic rings. The van der Waals surface area contributed by atoms with E-state index in [1.807, 2.05) is 6.92 Å². The van der Waals surface area contributed by atoms with Crippen LogP contribution in [-0.2, 0) is 10.2 Å². The number of benzene rings is 1. The van der Waals surface area contributed by atoms with Crippen molar-refractivity contribution in [3.05, 3.63) is 29.3 Å². The second-order valence-electron chi connectivity index (χ2n) is 7.81. The van der Waals surface area contributed by atoms with E-state index in [1.54, 1.807) is 7.11 Å². The molecule has 1 N–H and O–H groups in total. The van der Waals surface area contributed by atoms with Gasteiger partial charge in [0.2, 0.25) is 5.91 Å². The lowest BCUT2D eigenvalue weighted by molar-refractivity contribution is -0.134. The molecule has 2 heterocycles. The van der Waals surface area contributed by atoms with E-state index in [-0.39, 0.29) is 17.8 Å². The molecule has 1 aromatic rings. The van der Waals surface area contributed by atoms with Crippen molar-refractivity contribution >= 4 is 18.3 Å². The summed E-state index contributed by atoms with van der Waals surface area (Å²) in [6.45, 7) is 6.16. The molecule has 2 saturated heterocycles. The number of likely N-dealkylation sites (tertiary alicyclic amines) is 1. The first kappa shape index (κ1) is 18.5. The topological polar surface area (TPSA) is 41.6 Å². The molecule has 4 rings (SSSR count). The summed E-state index contributed by atoms with van der Waals surface area (Å²) < 4.78 is 5.47. The average molecular weight is 365 g/mol. The highest BCUT2D eigenvalue weighted by atomic mass is 35.5. The van der Waals surface area contributed by atoms with Gasteiger partial charge in [-0.15, -0.1) is 12.4 Å². The molecule has 2 atom stereocenters. The quantitative estimate of drug-likeness (QED) is 0.896. The molecule has 0 aromatic heterocycles. The summed E-state index contributed by atoms with van der Waals surface area (Å²) >= 11 is 0. The van der Waals surface area contributed by atoms with Crippen LogP contribution in [-0.4, -0.2) is 44.1 Å². The third kappa shape index (κ3) is 3.26. The molecule has 0 bridgehead atoms. The third-order valence-electron chi connectivity index (χ3n) is 6.43. The van der Waals surface area contributed by atoms with Gasteiger partial charge < -0.3 is 15.0 Å². The van der Waals surface area contributed by atoms with Gasteiger partial charge in [-0.3, -0.25) is 4.79 Å². The van der Waals surface area contributed by atoms with Gasteiger partial charge in [0.1, 0.15) is 5.75 Å². The van der Waals surface area contributed by atoms with Crippen molar-refractivity contribution in [2.24, 2.45) is 11.8 Å². The predicted molar refractivity (Wildman–Crippen MR) is 102 cm³/mol. The zero-order valence-corrected chi connectivity index (χ0v) is 16.0. The molecule has 0 unspecified atom stereocenters. The smallest absolute Gasteiger partial charge is 0.233 e. The van der Waals surface area contributed by atoms with Crippen molar-refractivity contribution in [1.82, 2.24) is 10.2 Å². The second-order valence-corrected chi connectivity index (χ2v) is 7.81. The van der Waals surface area contributed by atoms with Gasteiger partial charge in [0.15, 0.2) is 0 Å². The van der Waals surface area contributed by atoms with Gasteiger partial charge in [-0.05, 0) is 74.7 Å². The zero-order valence-electron chi connectivity index (χ0n) is 15.2. The fraction of sp³-hybridized carbons (Fsp3) is 0.650. The molecule has 0 spiro atoms. The van der Waals surface area contributed by atoms with Crippen molar-refractivity contribution in [3.63, 3.8) is 0 Å². The maximum absolute atomic E-state index is 13.3. The molecular formula is C20H29ClN2O2. The van der Waals surface area contributed by atoms with E-state index in [0.717, 1.165) is 80.6 Å². The molecule has 5 heteroatoms. The Hall–Kier alpha value is -1.26. The number of carbonyl (C=O) groups is 1. The van der Waals surface area contributed by atoms with E-state index in [4.69, 9.17) is 4.74 Å². The predicted octanol–water partition coefficient (Wildman–Crippen LogP) is 2.92. The Kier molecular flexibility index (Phi) is 5.31. The molecule has 0 radical (unpaired) electrons. The first-order valence-corrected chi connectivity index (χ1v) is 9.29. The zero-order chi connectivity index (χ0) is 16.7. The molecule has 25 heavy (non-hydrogen) atoms. The van der Waals surface area contributed by atoms with E-state index in [0.29, 0.717) is 5.91 Å². The van der Waals surface area contributed by atoms with Crippen LogP contribution in [0.15, 0.2) is 18.2 Å². The fourth-order valence-electron chi connectivity index (χ4n) is 4.59. The van der Waals surface area contributed by atoms with Gasteiger partial charge in [-0.2, -0.15) is 0 Å². The van der Waals surface area contributed by atoms with E-state index >= 15 is 0 Å². The van der Waals surface area contributed by atoms with Crippen molar-refractivity contribution in [2.45, 2.75) is 38.0 Å². The Morgan fingerprint density at radius 1 is 1.20 bits per heavy atom. The standard InChI is InChI=1S/C20H28N2O2.ClH/c1-14-3-4-17(11-18(14)24-2)20(7-8-20)19(23)22-9-5-15-12-21-13-16(15)6-10-22;/h3-4,11,15-16,21H,5-10,12-13H2,1-2H3;1H/t15-,16+;. The highest BCUT2D eigenvalue weighted by Crippen LogP contribution is 2.51. The Balaban J connectivity index is 0.00000182. The van der Waals surface area contributed by atoms with Gasteiger partial charge in [0.05, 0.1) is 12.5 Å². The van der Waals surface area contributed by atoms with Crippen LogP contribution in [0.5, 0.6) is 5.75 Å². The molecule has 3 fully saturated rings. The monoisotopic (exact) mass is 364 g/mol. The number of halogens is 1. The Bertz CT molecular complexity index is 631. The van der Waals surface area contributed by atoms with Crippen molar-refractivity contribution in [3.8, 4) is 5.75 Å². The average Bonchev–Trinajstić information content (AvgIpc) is 3.33. The van der Waals surface area contributed by atoms with Crippen LogP contribution < -0.4 is 10.1 Å². The number of hydrogen-bond donors (Lipinski definition) is 1. The molecule has 4 nitrogen and oxygen atoms in total. The normalized spacial score (nSPS) is 27.0. The van der Waals surface area contributed by atoms with Gasteiger partial charge in [0.25, 0.3) is 0 Å². The fourth-order valence-corrected chi connectivity index (χ4v) is 4.59. The minimum Gasteiger partial charge on any atom is -0.496 e. The molecule has 1 amide bonds. The third-order valence-corrected chi connectivity index (χ3v) is 6.43. The highest BCUT2D eigenvalue weighted by Gasteiger charge is 2.53. The van der Waals surface area contributed by atoms with Gasteiger partial charge in [0, 0.05) is 13.1 Å². The molecular weight excluding hydrogens is 336 g/mol. The van der Waals surface area contributed by atoms with E-state index in [1.165, 1.54) is 0 Å². The van der Waals surface area contributed by atoms with E-state index in [2.05, 4.69) is 28.4 Å². The van der Waals surface area contributed by atoms with Crippen LogP contribution in [0.4, 0.5) is 0 Å². The minimum absolute atomic E-state index is 0. The van der Waals surface area contributed by atoms with E-state index < -0.39 is 0 Å². The number of nitrogens with zero attached hydrogens (tertiary/aromatic N) is 1. The van der Waals surface area contributed by atoms with Crippen LogP contribution in [0.3, 0.4) is 0 Å². The number of methoxy groups -OCH3 is 1. The van der Waals surface area contributed by atoms with Gasteiger partial charge >= 0.3 is 0 Å². The summed E-state index contributed by atoms with van der Waals surface area (Å²) in [6.07, 6.45) is 4.25. The minimum atomic E-state index is -0.279. The highest BCUT2D eigenvalue weighted by molar-refractivity contribution is 5.91. The molecule has 2 aliphatic heterocycles. The Morgan fingerprint density at radius 2 is 1.84 bits per heavy atom. The molecule has 1 aromatic carbocycles. The SMILES string of the molecule is COc1cc(C2(C(=O)N3CC[C@@H]4CNC[C@@H]4CC3)CC2)ccc1C.Cl. The lowest BCUT2D eigenvalue weighted by Crippen LogP contribution is -2.40. The lowest BCUT2D eigenvalue weighted by atomic mass is 9.92. The molecule has 138 valence electrons. The first-order chi connectivity index (χ1) is 11.6. The first-order valence-electron chi connectivity index (χ1n) is 9.29. The van der Waals surface area contributed by atoms with Crippen LogP contribution in [0, 0.1) is 18.8 Å². The molecule has 1 aliphatic carbocycles. The van der Waals surface area contributed by atoms with Crippen LogP contribution >= 0.6 is 12.4 Å². The summed E-state index contributed by atoms with van der Waals surface area (Å²) in [7, 11) is 1.70. The van der Waals surface area contributed by atoms with Crippen molar-refractivity contribution < 1.29 is 9.53 Å². The largest absolute Gasteiger partial charge is 0.496 e. The number of carbonyl (C=O) groups excluding carboxylic acids is 1. The second kappa shape index (κ2) is 7.16. The summed E-state index contributed by atoms with van der Waals surface area (Å²) in [6, 6.07) is 6.29. The van der Waals surface area contributed by atoms with Crippen LogP contribution in [0.1, 0.15) is 36.8 Å². The van der Waals surface area contributed by atoms with E-state index in [9.17, 15) is 4.79 Å². The maximum Gasteiger partial charge on any atom is 0.233 e. The van der Waals surface area contributed by atoms with Gasteiger partial charge in [-0.25, -0.2) is 0 Å².